The van der Waals surface area contributed by atoms with E-state index >= 15 is 0 Å². The highest BCUT2D eigenvalue weighted by Gasteiger charge is 2.21. The van der Waals surface area contributed by atoms with Crippen LogP contribution in [0.5, 0.6) is 5.75 Å². The maximum absolute atomic E-state index is 12.2. The van der Waals surface area contributed by atoms with Crippen LogP contribution in [0.1, 0.15) is 26.2 Å². The van der Waals surface area contributed by atoms with Crippen LogP contribution in [0.3, 0.4) is 0 Å². The maximum atomic E-state index is 12.2. The molecular weight excluding hydrogens is 322 g/mol. The molecule has 1 aromatic carbocycles. The second-order valence-corrected chi connectivity index (χ2v) is 6.10. The number of nitrogens with one attached hydrogen (secondary N) is 2. The number of piperidine rings is 1. The van der Waals surface area contributed by atoms with E-state index in [9.17, 15) is 4.79 Å². The van der Waals surface area contributed by atoms with E-state index in [0.29, 0.717) is 11.7 Å². The Morgan fingerprint density at radius 2 is 2.36 bits per heavy atom. The number of ether oxygens (including phenoxy) is 1. The molecule has 1 amide bonds. The Kier molecular flexibility index (Phi) is 5.99. The van der Waals surface area contributed by atoms with Gasteiger partial charge in [0.2, 0.25) is 5.91 Å². The van der Waals surface area contributed by atoms with E-state index in [1.54, 1.807) is 0 Å². The molecule has 1 aromatic heterocycles. The Morgan fingerprint density at radius 1 is 1.50 bits per heavy atom. The number of fused-ring (bicyclic) bond motifs is 1. The topological polar surface area (TPSA) is 63.2 Å². The third-order valence-electron chi connectivity index (χ3n) is 3.53. The van der Waals surface area contributed by atoms with Crippen LogP contribution in [0, 0.1) is 0 Å². The number of thiazole rings is 1. The van der Waals surface area contributed by atoms with Crippen molar-refractivity contribution in [2.75, 3.05) is 18.5 Å². The molecule has 7 heteroatoms. The van der Waals surface area contributed by atoms with Gasteiger partial charge in [0.05, 0.1) is 22.9 Å². The highest BCUT2D eigenvalue weighted by Crippen LogP contribution is 2.29. The fraction of sp³-hybridized carbons (Fsp3) is 0.467. The van der Waals surface area contributed by atoms with Crippen molar-refractivity contribution >= 4 is 45.0 Å². The first-order valence-electron chi connectivity index (χ1n) is 7.34. The summed E-state index contributed by atoms with van der Waals surface area (Å²) < 4.78 is 6.50. The summed E-state index contributed by atoms with van der Waals surface area (Å²) in [5, 5.41) is 6.81. The molecule has 5 nitrogen and oxygen atoms in total. The number of aromatic nitrogens is 1. The van der Waals surface area contributed by atoms with Gasteiger partial charge in [-0.3, -0.25) is 4.79 Å². The summed E-state index contributed by atoms with van der Waals surface area (Å²) in [6, 6.07) is 5.70. The molecule has 22 heavy (non-hydrogen) atoms. The Morgan fingerprint density at radius 3 is 3.09 bits per heavy atom. The number of nitrogens with zero attached hydrogens (tertiary/aromatic N) is 1. The zero-order valence-corrected chi connectivity index (χ0v) is 14.1. The summed E-state index contributed by atoms with van der Waals surface area (Å²) in [5.74, 6) is 0.847. The van der Waals surface area contributed by atoms with E-state index in [1.807, 2.05) is 25.1 Å². The van der Waals surface area contributed by atoms with Crippen LogP contribution in [0.4, 0.5) is 5.13 Å². The quantitative estimate of drug-likeness (QED) is 0.896. The second-order valence-electron chi connectivity index (χ2n) is 5.07. The Bertz CT molecular complexity index is 641. The number of rotatable bonds is 4. The summed E-state index contributed by atoms with van der Waals surface area (Å²) in [6.45, 7) is 3.51. The predicted molar refractivity (Wildman–Crippen MR) is 92.3 cm³/mol. The SMILES string of the molecule is CCOc1ccc2nc(NC(=O)[C@H]3CCCCN3)sc2c1.Cl. The highest BCUT2D eigenvalue weighted by molar-refractivity contribution is 7.22. The van der Waals surface area contributed by atoms with Gasteiger partial charge in [0.25, 0.3) is 0 Å². The number of anilines is 1. The van der Waals surface area contributed by atoms with Gasteiger partial charge < -0.3 is 15.4 Å². The standard InChI is InChI=1S/C15H19N3O2S.ClH/c1-2-20-10-6-7-11-13(9-10)21-15(17-11)18-14(19)12-5-3-4-8-16-12;/h6-7,9,12,16H,2-5,8H2,1H3,(H,17,18,19);1H/t12-;/m1./s1. The molecule has 2 heterocycles. The average Bonchev–Trinajstić information content (AvgIpc) is 2.90. The van der Waals surface area contributed by atoms with Crippen molar-refractivity contribution in [2.45, 2.75) is 32.2 Å². The van der Waals surface area contributed by atoms with Gasteiger partial charge in [0.15, 0.2) is 5.13 Å². The molecule has 1 aliphatic heterocycles. The lowest BCUT2D eigenvalue weighted by molar-refractivity contribution is -0.118. The molecule has 1 aliphatic rings. The maximum Gasteiger partial charge on any atom is 0.243 e. The molecule has 2 N–H and O–H groups in total. The van der Waals surface area contributed by atoms with E-state index in [4.69, 9.17) is 4.74 Å². The Hall–Kier alpha value is -1.37. The number of halogens is 1. The van der Waals surface area contributed by atoms with Crippen molar-refractivity contribution in [1.82, 2.24) is 10.3 Å². The minimum Gasteiger partial charge on any atom is -0.494 e. The lowest BCUT2D eigenvalue weighted by Crippen LogP contribution is -2.43. The van der Waals surface area contributed by atoms with Gasteiger partial charge in [-0.05, 0) is 44.5 Å². The molecular formula is C15H20ClN3O2S. The van der Waals surface area contributed by atoms with E-state index in [0.717, 1.165) is 41.8 Å². The van der Waals surface area contributed by atoms with Gasteiger partial charge in [-0.2, -0.15) is 0 Å². The van der Waals surface area contributed by atoms with Gasteiger partial charge in [-0.25, -0.2) is 4.98 Å². The molecule has 0 aliphatic carbocycles. The average molecular weight is 342 g/mol. The molecule has 3 rings (SSSR count). The van der Waals surface area contributed by atoms with Gasteiger partial charge in [0, 0.05) is 0 Å². The van der Waals surface area contributed by atoms with Crippen LogP contribution in [0.25, 0.3) is 10.2 Å². The molecule has 0 bridgehead atoms. The number of benzene rings is 1. The molecule has 1 atom stereocenters. The van der Waals surface area contributed by atoms with E-state index in [1.165, 1.54) is 11.3 Å². The zero-order valence-electron chi connectivity index (χ0n) is 12.4. The number of carbonyl (C=O) groups is 1. The van der Waals surface area contributed by atoms with E-state index < -0.39 is 0 Å². The van der Waals surface area contributed by atoms with E-state index in [-0.39, 0.29) is 24.4 Å². The Balaban J connectivity index is 0.00000176. The lowest BCUT2D eigenvalue weighted by atomic mass is 10.0. The largest absolute Gasteiger partial charge is 0.494 e. The molecule has 0 saturated carbocycles. The summed E-state index contributed by atoms with van der Waals surface area (Å²) in [4.78, 5) is 16.6. The van der Waals surface area contributed by atoms with Crippen molar-refractivity contribution < 1.29 is 9.53 Å². The second kappa shape index (κ2) is 7.76. The van der Waals surface area contributed by atoms with Crippen molar-refractivity contribution in [3.63, 3.8) is 0 Å². The Labute approximate surface area is 139 Å². The van der Waals surface area contributed by atoms with Crippen LogP contribution >= 0.6 is 23.7 Å². The minimum atomic E-state index is -0.0928. The third kappa shape index (κ3) is 3.88. The van der Waals surface area contributed by atoms with Crippen LogP contribution in [0.15, 0.2) is 18.2 Å². The molecule has 2 aromatic rings. The minimum absolute atomic E-state index is 0. The van der Waals surface area contributed by atoms with Gasteiger partial charge in [-0.1, -0.05) is 17.8 Å². The number of hydrogen-bond donors (Lipinski definition) is 2. The molecule has 0 unspecified atom stereocenters. The molecule has 120 valence electrons. The summed E-state index contributed by atoms with van der Waals surface area (Å²) in [6.07, 6.45) is 3.14. The van der Waals surface area contributed by atoms with Crippen LogP contribution in [-0.2, 0) is 4.79 Å². The monoisotopic (exact) mass is 341 g/mol. The normalized spacial score (nSPS) is 17.8. The smallest absolute Gasteiger partial charge is 0.243 e. The van der Waals surface area contributed by atoms with Crippen molar-refractivity contribution in [3.05, 3.63) is 18.2 Å². The third-order valence-corrected chi connectivity index (χ3v) is 4.46. The van der Waals surface area contributed by atoms with Crippen molar-refractivity contribution in [2.24, 2.45) is 0 Å². The van der Waals surface area contributed by atoms with Crippen LogP contribution in [0.2, 0.25) is 0 Å². The fourth-order valence-corrected chi connectivity index (χ4v) is 3.38. The number of hydrogen-bond acceptors (Lipinski definition) is 5. The van der Waals surface area contributed by atoms with Crippen molar-refractivity contribution in [3.8, 4) is 5.75 Å². The summed E-state index contributed by atoms with van der Waals surface area (Å²) in [5.41, 5.74) is 0.885. The highest BCUT2D eigenvalue weighted by atomic mass is 35.5. The molecule has 0 spiro atoms. The molecule has 0 radical (unpaired) electrons. The molecule has 1 fully saturated rings. The fourth-order valence-electron chi connectivity index (χ4n) is 2.48. The summed E-state index contributed by atoms with van der Waals surface area (Å²) >= 11 is 1.48. The number of carbonyl (C=O) groups excluding carboxylic acids is 1. The van der Waals surface area contributed by atoms with Crippen molar-refractivity contribution in [1.29, 1.82) is 0 Å². The first-order valence-corrected chi connectivity index (χ1v) is 8.15. The van der Waals surface area contributed by atoms with Gasteiger partial charge in [0.1, 0.15) is 5.75 Å². The van der Waals surface area contributed by atoms with Gasteiger partial charge in [-0.15, -0.1) is 12.4 Å². The molecule has 1 saturated heterocycles. The number of amides is 1. The first-order chi connectivity index (χ1) is 10.3. The predicted octanol–water partition coefficient (Wildman–Crippen LogP) is 3.20. The van der Waals surface area contributed by atoms with E-state index in [2.05, 4.69) is 15.6 Å². The zero-order chi connectivity index (χ0) is 14.7. The van der Waals surface area contributed by atoms with Gasteiger partial charge >= 0.3 is 0 Å². The lowest BCUT2D eigenvalue weighted by Gasteiger charge is -2.21. The summed E-state index contributed by atoms with van der Waals surface area (Å²) in [7, 11) is 0. The van der Waals surface area contributed by atoms with Crippen LogP contribution in [-0.4, -0.2) is 30.1 Å². The first kappa shape index (κ1) is 17.0. The van der Waals surface area contributed by atoms with Crippen LogP contribution < -0.4 is 15.4 Å².